The molecule has 6 heteroatoms. The Kier molecular flexibility index (Phi) is 10.2. The fourth-order valence-corrected chi connectivity index (χ4v) is 1.78. The number of methoxy groups -OCH3 is 1. The normalized spacial score (nSPS) is 13.0. The van der Waals surface area contributed by atoms with Gasteiger partial charge in [-0.05, 0) is 39.3 Å². The molecule has 5 nitrogen and oxygen atoms in total. The summed E-state index contributed by atoms with van der Waals surface area (Å²) in [6.45, 7) is 9.47. The van der Waals surface area contributed by atoms with Gasteiger partial charge in [-0.15, -0.1) is 24.0 Å². The van der Waals surface area contributed by atoms with Crippen molar-refractivity contribution in [3.63, 3.8) is 0 Å². The molecule has 0 heterocycles. The van der Waals surface area contributed by atoms with Crippen molar-refractivity contribution < 1.29 is 9.47 Å². The molecule has 132 valence electrons. The van der Waals surface area contributed by atoms with E-state index in [1.165, 1.54) is 0 Å². The molecule has 0 radical (unpaired) electrons. The van der Waals surface area contributed by atoms with E-state index in [2.05, 4.69) is 15.6 Å². The minimum Gasteiger partial charge on any atom is -0.489 e. The molecule has 1 aromatic carbocycles. The van der Waals surface area contributed by atoms with Crippen LogP contribution in [0.5, 0.6) is 5.75 Å². The molecule has 1 atom stereocenters. The summed E-state index contributed by atoms with van der Waals surface area (Å²) >= 11 is 0. The van der Waals surface area contributed by atoms with Crippen LogP contribution in [0.2, 0.25) is 0 Å². The van der Waals surface area contributed by atoms with E-state index in [4.69, 9.17) is 9.47 Å². The summed E-state index contributed by atoms with van der Waals surface area (Å²) in [5.41, 5.74) is 0.902. The number of halogens is 1. The number of guanidine groups is 1. The molecule has 0 aliphatic rings. The van der Waals surface area contributed by atoms with Crippen LogP contribution in [-0.4, -0.2) is 44.9 Å². The van der Waals surface area contributed by atoms with Crippen LogP contribution in [-0.2, 0) is 4.74 Å². The van der Waals surface area contributed by atoms with Gasteiger partial charge in [-0.2, -0.15) is 0 Å². The summed E-state index contributed by atoms with van der Waals surface area (Å²) < 4.78 is 11.3. The van der Waals surface area contributed by atoms with E-state index in [0.29, 0.717) is 13.1 Å². The molecule has 1 rings (SSSR count). The van der Waals surface area contributed by atoms with Crippen molar-refractivity contribution >= 4 is 29.9 Å². The lowest BCUT2D eigenvalue weighted by atomic mass is 10.1. The molecule has 0 bridgehead atoms. The molecule has 0 aromatic heterocycles. The van der Waals surface area contributed by atoms with Gasteiger partial charge >= 0.3 is 0 Å². The average Bonchev–Trinajstić information content (AvgIpc) is 2.50. The first-order chi connectivity index (χ1) is 10.4. The molecule has 0 fully saturated rings. The van der Waals surface area contributed by atoms with Crippen LogP contribution < -0.4 is 15.4 Å². The number of nitrogens with one attached hydrogen (secondary N) is 2. The molecule has 0 spiro atoms. The maximum Gasteiger partial charge on any atom is 0.191 e. The van der Waals surface area contributed by atoms with E-state index in [0.717, 1.165) is 17.3 Å². The Hall–Kier alpha value is -1.02. The first-order valence-corrected chi connectivity index (χ1v) is 7.60. The molecule has 0 saturated carbocycles. The average molecular weight is 435 g/mol. The molecule has 2 N–H and O–H groups in total. The largest absolute Gasteiger partial charge is 0.489 e. The summed E-state index contributed by atoms with van der Waals surface area (Å²) in [4.78, 5) is 4.21. The lowest BCUT2D eigenvalue weighted by Gasteiger charge is -2.25. The standard InChI is InChI=1S/C17H29N3O2.HI/c1-13-9-7-8-10-15(13)22-14(2)11-19-16(18-5)20-12-17(3,4)21-6;/h7-10,14H,11-12H2,1-6H3,(H2,18,19,20);1H. The quantitative estimate of drug-likeness (QED) is 0.393. The fourth-order valence-electron chi connectivity index (χ4n) is 1.78. The highest BCUT2D eigenvalue weighted by Gasteiger charge is 2.16. The summed E-state index contributed by atoms with van der Waals surface area (Å²) in [6.07, 6.45) is 0.0371. The van der Waals surface area contributed by atoms with Crippen molar-refractivity contribution in [1.82, 2.24) is 10.6 Å². The topological polar surface area (TPSA) is 54.9 Å². The van der Waals surface area contributed by atoms with Gasteiger partial charge in [-0.25, -0.2) is 0 Å². The van der Waals surface area contributed by atoms with Crippen LogP contribution in [0.15, 0.2) is 29.3 Å². The Morgan fingerprint density at radius 1 is 1.26 bits per heavy atom. The highest BCUT2D eigenvalue weighted by atomic mass is 127. The first-order valence-electron chi connectivity index (χ1n) is 7.60. The van der Waals surface area contributed by atoms with Gasteiger partial charge in [0.05, 0.1) is 12.1 Å². The van der Waals surface area contributed by atoms with Gasteiger partial charge in [-0.1, -0.05) is 18.2 Å². The van der Waals surface area contributed by atoms with Gasteiger partial charge in [0.2, 0.25) is 0 Å². The van der Waals surface area contributed by atoms with Crippen LogP contribution in [0.3, 0.4) is 0 Å². The Morgan fingerprint density at radius 2 is 1.91 bits per heavy atom. The van der Waals surface area contributed by atoms with Crippen molar-refractivity contribution in [3.05, 3.63) is 29.8 Å². The molecule has 0 saturated heterocycles. The van der Waals surface area contributed by atoms with Gasteiger partial charge < -0.3 is 20.1 Å². The minimum absolute atomic E-state index is 0. The van der Waals surface area contributed by atoms with Gasteiger partial charge in [-0.3, -0.25) is 4.99 Å². The van der Waals surface area contributed by atoms with Crippen LogP contribution in [0, 0.1) is 6.92 Å². The number of aryl methyl sites for hydroxylation is 1. The zero-order valence-corrected chi connectivity index (χ0v) is 17.3. The number of benzene rings is 1. The lowest BCUT2D eigenvalue weighted by molar-refractivity contribution is 0.0268. The van der Waals surface area contributed by atoms with E-state index in [1.807, 2.05) is 52.0 Å². The molecular weight excluding hydrogens is 405 g/mol. The number of aliphatic imine (C=N–C) groups is 1. The fraction of sp³-hybridized carbons (Fsp3) is 0.588. The third-order valence-corrected chi connectivity index (χ3v) is 3.44. The monoisotopic (exact) mass is 435 g/mol. The Morgan fingerprint density at radius 3 is 2.48 bits per heavy atom. The SMILES string of the molecule is CN=C(NCC(C)Oc1ccccc1C)NCC(C)(C)OC.I. The number of hydrogen-bond acceptors (Lipinski definition) is 3. The third kappa shape index (κ3) is 8.41. The number of hydrogen-bond donors (Lipinski definition) is 2. The second kappa shape index (κ2) is 10.7. The van der Waals surface area contributed by atoms with Gasteiger partial charge in [0.15, 0.2) is 5.96 Å². The van der Waals surface area contributed by atoms with Crippen LogP contribution in [0.25, 0.3) is 0 Å². The number of nitrogens with zero attached hydrogens (tertiary/aromatic N) is 1. The molecule has 23 heavy (non-hydrogen) atoms. The van der Waals surface area contributed by atoms with Gasteiger partial charge in [0.1, 0.15) is 11.9 Å². The van der Waals surface area contributed by atoms with Gasteiger partial charge in [0.25, 0.3) is 0 Å². The lowest BCUT2D eigenvalue weighted by Crippen LogP contribution is -2.47. The first kappa shape index (κ1) is 22.0. The van der Waals surface area contributed by atoms with Crippen LogP contribution in [0.4, 0.5) is 0 Å². The second-order valence-corrected chi connectivity index (χ2v) is 5.96. The van der Waals surface area contributed by atoms with Crippen molar-refractivity contribution in [2.24, 2.45) is 4.99 Å². The summed E-state index contributed by atoms with van der Waals surface area (Å²) in [6, 6.07) is 8.02. The van der Waals surface area contributed by atoms with Crippen LogP contribution in [0.1, 0.15) is 26.3 Å². The molecule has 0 amide bonds. The smallest absolute Gasteiger partial charge is 0.191 e. The van der Waals surface area contributed by atoms with Crippen LogP contribution >= 0.6 is 24.0 Å². The minimum atomic E-state index is -0.235. The van der Waals surface area contributed by atoms with Crippen molar-refractivity contribution in [2.45, 2.75) is 39.4 Å². The number of ether oxygens (including phenoxy) is 2. The van der Waals surface area contributed by atoms with E-state index >= 15 is 0 Å². The Labute approximate surface area is 157 Å². The molecule has 0 aliphatic carbocycles. The highest BCUT2D eigenvalue weighted by molar-refractivity contribution is 14.0. The van der Waals surface area contributed by atoms with E-state index < -0.39 is 0 Å². The van der Waals surface area contributed by atoms with Crippen molar-refractivity contribution in [3.8, 4) is 5.75 Å². The van der Waals surface area contributed by atoms with E-state index in [-0.39, 0.29) is 35.7 Å². The zero-order chi connectivity index (χ0) is 16.6. The summed E-state index contributed by atoms with van der Waals surface area (Å²) in [5, 5.41) is 6.51. The van der Waals surface area contributed by atoms with Crippen molar-refractivity contribution in [1.29, 1.82) is 0 Å². The summed E-state index contributed by atoms with van der Waals surface area (Å²) in [5.74, 6) is 1.66. The molecular formula is C17H30IN3O2. The number of rotatable bonds is 7. The molecule has 1 aromatic rings. The van der Waals surface area contributed by atoms with E-state index in [9.17, 15) is 0 Å². The predicted molar refractivity (Wildman–Crippen MR) is 107 cm³/mol. The third-order valence-electron chi connectivity index (χ3n) is 3.44. The Bertz CT molecular complexity index is 492. The second-order valence-electron chi connectivity index (χ2n) is 5.96. The van der Waals surface area contributed by atoms with Crippen molar-refractivity contribution in [2.75, 3.05) is 27.2 Å². The highest BCUT2D eigenvalue weighted by Crippen LogP contribution is 2.17. The maximum absolute atomic E-state index is 5.94. The van der Waals surface area contributed by atoms with Gasteiger partial charge in [0, 0.05) is 20.7 Å². The zero-order valence-electron chi connectivity index (χ0n) is 15.0. The van der Waals surface area contributed by atoms with E-state index in [1.54, 1.807) is 14.2 Å². The number of para-hydroxylation sites is 1. The molecule has 0 aliphatic heterocycles. The maximum atomic E-state index is 5.94. The Balaban J connectivity index is 0.00000484. The summed E-state index contributed by atoms with van der Waals surface area (Å²) in [7, 11) is 3.46. The predicted octanol–water partition coefficient (Wildman–Crippen LogP) is 2.97. The molecule has 1 unspecified atom stereocenters.